The van der Waals surface area contributed by atoms with Crippen LogP contribution in [0.4, 0.5) is 0 Å². The molecule has 2 aliphatic rings. The number of morpholine rings is 1. The zero-order chi connectivity index (χ0) is 19.1. The third kappa shape index (κ3) is 5.59. The van der Waals surface area contributed by atoms with Crippen LogP contribution < -0.4 is 10.1 Å². The van der Waals surface area contributed by atoms with Crippen molar-refractivity contribution in [1.82, 2.24) is 15.1 Å². The molecule has 2 heterocycles. The molecule has 27 heavy (non-hydrogen) atoms. The van der Waals surface area contributed by atoms with E-state index in [4.69, 9.17) is 9.47 Å². The molecule has 0 radical (unpaired) electrons. The summed E-state index contributed by atoms with van der Waals surface area (Å²) in [6.07, 6.45) is 2.32. The van der Waals surface area contributed by atoms with Gasteiger partial charge < -0.3 is 19.7 Å². The maximum Gasteiger partial charge on any atom is 0.193 e. The predicted molar refractivity (Wildman–Crippen MR) is 109 cm³/mol. The van der Waals surface area contributed by atoms with Gasteiger partial charge in [-0.1, -0.05) is 18.2 Å². The zero-order valence-corrected chi connectivity index (χ0v) is 17.0. The van der Waals surface area contributed by atoms with Crippen LogP contribution in [0.3, 0.4) is 0 Å². The van der Waals surface area contributed by atoms with Gasteiger partial charge in [-0.3, -0.25) is 9.89 Å². The minimum Gasteiger partial charge on any atom is -0.490 e. The molecule has 2 aliphatic heterocycles. The van der Waals surface area contributed by atoms with Crippen LogP contribution in [0, 0.1) is 0 Å². The second-order valence-corrected chi connectivity index (χ2v) is 7.93. The van der Waals surface area contributed by atoms with Crippen LogP contribution >= 0.6 is 0 Å². The number of hydrogen-bond donors (Lipinski definition) is 1. The van der Waals surface area contributed by atoms with Gasteiger partial charge in [-0.05, 0) is 26.0 Å². The smallest absolute Gasteiger partial charge is 0.193 e. The highest BCUT2D eigenvalue weighted by Crippen LogP contribution is 2.19. The van der Waals surface area contributed by atoms with Crippen molar-refractivity contribution in [1.29, 1.82) is 0 Å². The fourth-order valence-electron chi connectivity index (χ4n) is 3.79. The zero-order valence-electron chi connectivity index (χ0n) is 17.0. The molecule has 0 aliphatic carbocycles. The minimum atomic E-state index is 0.0778. The summed E-state index contributed by atoms with van der Waals surface area (Å²) < 4.78 is 11.6. The lowest BCUT2D eigenvalue weighted by atomic mass is 10.0. The highest BCUT2D eigenvalue weighted by Gasteiger charge is 2.29. The summed E-state index contributed by atoms with van der Waals surface area (Å²) in [5.74, 6) is 1.96. The fraction of sp³-hybridized carbons (Fsp3) is 0.667. The second kappa shape index (κ2) is 9.42. The van der Waals surface area contributed by atoms with Crippen molar-refractivity contribution in [2.24, 2.45) is 4.99 Å². The van der Waals surface area contributed by atoms with Crippen LogP contribution in [-0.2, 0) is 4.74 Å². The lowest BCUT2D eigenvalue weighted by molar-refractivity contribution is -0.00855. The minimum absolute atomic E-state index is 0.0778. The number of nitrogens with one attached hydrogen (secondary N) is 1. The lowest BCUT2D eigenvalue weighted by Crippen LogP contribution is -2.57. The Hall–Kier alpha value is -1.79. The largest absolute Gasteiger partial charge is 0.490 e. The van der Waals surface area contributed by atoms with E-state index in [9.17, 15) is 0 Å². The SMILES string of the molecule is CN=C(NCC(C)(C)N1CCOCC1)N1CCC(Oc2ccccc2)CC1. The van der Waals surface area contributed by atoms with Crippen molar-refractivity contribution in [3.63, 3.8) is 0 Å². The molecule has 0 atom stereocenters. The molecule has 0 bridgehead atoms. The van der Waals surface area contributed by atoms with E-state index >= 15 is 0 Å². The number of guanidine groups is 1. The Balaban J connectivity index is 1.46. The second-order valence-electron chi connectivity index (χ2n) is 7.93. The summed E-state index contributed by atoms with van der Waals surface area (Å²) in [7, 11) is 1.87. The molecule has 1 aromatic carbocycles. The van der Waals surface area contributed by atoms with Gasteiger partial charge in [0.05, 0.1) is 13.2 Å². The molecule has 1 N–H and O–H groups in total. The fourth-order valence-corrected chi connectivity index (χ4v) is 3.79. The van der Waals surface area contributed by atoms with E-state index < -0.39 is 0 Å². The van der Waals surface area contributed by atoms with E-state index in [0.29, 0.717) is 0 Å². The van der Waals surface area contributed by atoms with Gasteiger partial charge in [0.25, 0.3) is 0 Å². The molecule has 2 fully saturated rings. The highest BCUT2D eigenvalue weighted by molar-refractivity contribution is 5.80. The number of para-hydroxylation sites is 1. The monoisotopic (exact) mass is 374 g/mol. The third-order valence-electron chi connectivity index (χ3n) is 5.55. The van der Waals surface area contributed by atoms with Crippen LogP contribution in [0.15, 0.2) is 35.3 Å². The first-order chi connectivity index (χ1) is 13.1. The standard InChI is InChI=1S/C21H34N4O2/c1-21(2,25-13-15-26-16-14-25)17-23-20(22-3)24-11-9-19(10-12-24)27-18-7-5-4-6-8-18/h4-8,19H,9-17H2,1-3H3,(H,22,23). The number of aliphatic imine (C=N–C) groups is 1. The summed E-state index contributed by atoms with van der Waals surface area (Å²) >= 11 is 0. The number of likely N-dealkylation sites (tertiary alicyclic amines) is 1. The Bertz CT molecular complexity index is 591. The van der Waals surface area contributed by atoms with Crippen LogP contribution in [0.1, 0.15) is 26.7 Å². The van der Waals surface area contributed by atoms with E-state index in [1.54, 1.807) is 0 Å². The van der Waals surface area contributed by atoms with E-state index in [1.807, 2.05) is 37.4 Å². The Morgan fingerprint density at radius 2 is 1.81 bits per heavy atom. The number of hydrogen-bond acceptors (Lipinski definition) is 4. The van der Waals surface area contributed by atoms with Gasteiger partial charge in [0, 0.05) is 58.2 Å². The van der Waals surface area contributed by atoms with Crippen molar-refractivity contribution in [3.8, 4) is 5.75 Å². The average molecular weight is 375 g/mol. The van der Waals surface area contributed by atoms with E-state index in [2.05, 4.69) is 34.0 Å². The molecule has 0 amide bonds. The molecule has 0 aromatic heterocycles. The van der Waals surface area contributed by atoms with Crippen molar-refractivity contribution in [3.05, 3.63) is 30.3 Å². The van der Waals surface area contributed by atoms with Crippen LogP contribution in [0.2, 0.25) is 0 Å². The molecule has 0 unspecified atom stereocenters. The third-order valence-corrected chi connectivity index (χ3v) is 5.55. The summed E-state index contributed by atoms with van der Waals surface area (Å²) in [5.41, 5.74) is 0.0778. The maximum absolute atomic E-state index is 6.11. The van der Waals surface area contributed by atoms with Crippen LogP contribution in [0.5, 0.6) is 5.75 Å². The number of ether oxygens (including phenoxy) is 2. The van der Waals surface area contributed by atoms with Crippen molar-refractivity contribution >= 4 is 5.96 Å². The van der Waals surface area contributed by atoms with Gasteiger partial charge in [0.1, 0.15) is 11.9 Å². The van der Waals surface area contributed by atoms with E-state index in [-0.39, 0.29) is 11.6 Å². The molecule has 150 valence electrons. The Morgan fingerprint density at radius 3 is 2.44 bits per heavy atom. The van der Waals surface area contributed by atoms with Gasteiger partial charge in [0.2, 0.25) is 0 Å². The highest BCUT2D eigenvalue weighted by atomic mass is 16.5. The Morgan fingerprint density at radius 1 is 1.15 bits per heavy atom. The van der Waals surface area contributed by atoms with Crippen molar-refractivity contribution in [2.45, 2.75) is 38.3 Å². The number of piperidine rings is 1. The molecule has 0 spiro atoms. The van der Waals surface area contributed by atoms with Crippen LogP contribution in [-0.4, -0.2) is 80.4 Å². The summed E-state index contributed by atoms with van der Waals surface area (Å²) in [5, 5.41) is 3.59. The van der Waals surface area contributed by atoms with Gasteiger partial charge >= 0.3 is 0 Å². The number of benzene rings is 1. The maximum atomic E-state index is 6.11. The van der Waals surface area contributed by atoms with E-state index in [1.165, 1.54) is 0 Å². The molecule has 6 nitrogen and oxygen atoms in total. The topological polar surface area (TPSA) is 49.3 Å². The normalized spacial score (nSPS) is 20.6. The lowest BCUT2D eigenvalue weighted by Gasteiger charge is -2.42. The van der Waals surface area contributed by atoms with E-state index in [0.717, 1.165) is 70.5 Å². The Labute approximate surface area is 163 Å². The van der Waals surface area contributed by atoms with Gasteiger partial charge in [-0.15, -0.1) is 0 Å². The summed E-state index contributed by atoms with van der Waals surface area (Å²) in [6.45, 7) is 11.0. The van der Waals surface area contributed by atoms with Crippen LogP contribution in [0.25, 0.3) is 0 Å². The molecule has 3 rings (SSSR count). The molecule has 2 saturated heterocycles. The first-order valence-corrected chi connectivity index (χ1v) is 10.1. The quantitative estimate of drug-likeness (QED) is 0.633. The first kappa shape index (κ1) is 20.0. The summed E-state index contributed by atoms with van der Waals surface area (Å²) in [6, 6.07) is 10.1. The molecule has 6 heteroatoms. The average Bonchev–Trinajstić information content (AvgIpc) is 2.71. The first-order valence-electron chi connectivity index (χ1n) is 10.1. The molecular formula is C21H34N4O2. The van der Waals surface area contributed by atoms with Gasteiger partial charge in [-0.2, -0.15) is 0 Å². The predicted octanol–water partition coefficient (Wildman–Crippen LogP) is 2.22. The van der Waals surface area contributed by atoms with Gasteiger partial charge in [-0.25, -0.2) is 0 Å². The molecule has 0 saturated carbocycles. The van der Waals surface area contributed by atoms with Crippen molar-refractivity contribution < 1.29 is 9.47 Å². The van der Waals surface area contributed by atoms with Crippen molar-refractivity contribution in [2.75, 3.05) is 53.0 Å². The molecule has 1 aromatic rings. The number of nitrogens with zero attached hydrogens (tertiary/aromatic N) is 3. The number of rotatable bonds is 5. The van der Waals surface area contributed by atoms with Gasteiger partial charge in [0.15, 0.2) is 5.96 Å². The molecular weight excluding hydrogens is 340 g/mol. The Kier molecular flexibility index (Phi) is 6.96. The summed E-state index contributed by atoms with van der Waals surface area (Å²) in [4.78, 5) is 9.36.